The summed E-state index contributed by atoms with van der Waals surface area (Å²) in [6, 6.07) is 3.37. The molecule has 2 aromatic heterocycles. The van der Waals surface area contributed by atoms with Crippen molar-refractivity contribution in [1.29, 1.82) is 0 Å². The predicted octanol–water partition coefficient (Wildman–Crippen LogP) is -0.818. The Morgan fingerprint density at radius 2 is 1.96 bits per heavy atom. The first-order chi connectivity index (χ1) is 11.6. The lowest BCUT2D eigenvalue weighted by Crippen LogP contribution is -2.38. The first-order valence-corrected chi connectivity index (χ1v) is 6.54. The number of aryl methyl sites for hydroxylation is 1. The normalized spacial score (nSPS) is 10.5. The molecule has 12 heteroatoms. The van der Waals surface area contributed by atoms with Gasteiger partial charge in [-0.3, -0.25) is 4.79 Å². The Bertz CT molecular complexity index is 737. The number of halogens is 3. The summed E-state index contributed by atoms with van der Waals surface area (Å²) in [4.78, 5) is 27.4. The van der Waals surface area contributed by atoms with E-state index < -0.39 is 18.1 Å². The standard InChI is InChI=1S/C11H11N5O2.C2HF3O2/c12-9-1-4-13-11(15-9)8-2-5-16(14-7-8)6-3-10(17)18;3-2(4,5)1(6)7/h1-2,4-5,7H,3,6H2,(H2-,12,13,15,17,18);(H,6,7). The van der Waals surface area contributed by atoms with Crippen LogP contribution in [0.3, 0.4) is 0 Å². The van der Waals surface area contributed by atoms with Crippen LogP contribution in [0.15, 0.2) is 30.7 Å². The van der Waals surface area contributed by atoms with Crippen LogP contribution < -0.4 is 15.5 Å². The number of aromatic nitrogens is 4. The molecule has 0 aliphatic heterocycles. The summed E-state index contributed by atoms with van der Waals surface area (Å²) in [5, 5.41) is 21.4. The molecule has 0 amide bonds. The third-order valence-corrected chi connectivity index (χ3v) is 2.49. The van der Waals surface area contributed by atoms with Gasteiger partial charge in [0.2, 0.25) is 0 Å². The van der Waals surface area contributed by atoms with E-state index in [-0.39, 0.29) is 6.42 Å². The highest BCUT2D eigenvalue weighted by Crippen LogP contribution is 2.12. The molecule has 0 spiro atoms. The topological polar surface area (TPSA) is 146 Å². The number of aliphatic carboxylic acids is 2. The highest BCUT2D eigenvalue weighted by atomic mass is 19.4. The molecule has 0 aliphatic rings. The van der Waals surface area contributed by atoms with Crippen LogP contribution in [-0.2, 0) is 16.1 Å². The van der Waals surface area contributed by atoms with Crippen LogP contribution in [0, 0.1) is 0 Å². The van der Waals surface area contributed by atoms with Crippen LogP contribution in [0.1, 0.15) is 6.42 Å². The second-order valence-corrected chi connectivity index (χ2v) is 4.41. The van der Waals surface area contributed by atoms with Crippen molar-refractivity contribution in [1.82, 2.24) is 15.1 Å². The lowest BCUT2D eigenvalue weighted by molar-refractivity contribution is -0.752. The van der Waals surface area contributed by atoms with Crippen LogP contribution in [0.5, 0.6) is 0 Å². The summed E-state index contributed by atoms with van der Waals surface area (Å²) in [6.45, 7) is 0.327. The number of carbonyl (C=O) groups excluding carboxylic acids is 1. The van der Waals surface area contributed by atoms with Gasteiger partial charge in [0.1, 0.15) is 24.4 Å². The molecule has 3 N–H and O–H groups in total. The summed E-state index contributed by atoms with van der Waals surface area (Å²) >= 11 is 0. The highest BCUT2D eigenvalue weighted by Gasteiger charge is 2.28. The number of nitrogen functional groups attached to an aromatic ring is 1. The Labute approximate surface area is 138 Å². The first-order valence-electron chi connectivity index (χ1n) is 6.54. The van der Waals surface area contributed by atoms with Crippen molar-refractivity contribution in [3.8, 4) is 11.4 Å². The van der Waals surface area contributed by atoms with Crippen molar-refractivity contribution in [2.75, 3.05) is 5.73 Å². The zero-order valence-electron chi connectivity index (χ0n) is 12.5. The van der Waals surface area contributed by atoms with E-state index in [1.165, 1.54) is 0 Å². The van der Waals surface area contributed by atoms with Crippen molar-refractivity contribution in [3.05, 3.63) is 30.7 Å². The molecule has 25 heavy (non-hydrogen) atoms. The van der Waals surface area contributed by atoms with Gasteiger partial charge in [-0.25, -0.2) is 9.97 Å². The molecule has 0 fully saturated rings. The molecule has 2 aromatic rings. The fourth-order valence-electron chi connectivity index (χ4n) is 1.37. The number of alkyl halides is 3. The van der Waals surface area contributed by atoms with Gasteiger partial charge in [-0.2, -0.15) is 13.2 Å². The minimum absolute atomic E-state index is 0.0335. The van der Waals surface area contributed by atoms with Gasteiger partial charge in [0, 0.05) is 17.8 Å². The number of carboxylic acid groups (broad SMARTS) is 2. The minimum Gasteiger partial charge on any atom is -0.542 e. The third-order valence-electron chi connectivity index (χ3n) is 2.49. The molecular formula is C13H12F3N5O4. The average Bonchev–Trinajstić information content (AvgIpc) is 2.53. The molecule has 2 rings (SSSR count). The molecule has 0 saturated heterocycles. The van der Waals surface area contributed by atoms with Gasteiger partial charge in [0.05, 0.1) is 0 Å². The number of nitrogens with zero attached hydrogens (tertiary/aromatic N) is 4. The van der Waals surface area contributed by atoms with E-state index in [4.69, 9.17) is 20.7 Å². The SMILES string of the molecule is Nc1ccnc(-c2cc[n+](CCC(=O)O)nc2)n1.O=C([O-])C(F)(F)F. The van der Waals surface area contributed by atoms with Crippen molar-refractivity contribution in [2.45, 2.75) is 19.1 Å². The zero-order valence-corrected chi connectivity index (χ0v) is 12.5. The van der Waals surface area contributed by atoms with Crippen LogP contribution in [0.4, 0.5) is 19.0 Å². The summed E-state index contributed by atoms with van der Waals surface area (Å²) in [7, 11) is 0. The number of nitrogens with two attached hydrogens (primary N) is 1. The summed E-state index contributed by atoms with van der Waals surface area (Å²) in [5.74, 6) is -2.98. The smallest absolute Gasteiger partial charge is 0.430 e. The fraction of sp³-hybridized carbons (Fsp3) is 0.231. The number of carboxylic acids is 2. The number of hydrogen-bond acceptors (Lipinski definition) is 7. The minimum atomic E-state index is -5.19. The predicted molar refractivity (Wildman–Crippen MR) is 73.2 cm³/mol. The Morgan fingerprint density at radius 3 is 2.40 bits per heavy atom. The molecule has 0 saturated carbocycles. The van der Waals surface area contributed by atoms with Gasteiger partial charge in [-0.15, -0.1) is 0 Å². The van der Waals surface area contributed by atoms with Gasteiger partial charge in [0.15, 0.2) is 18.6 Å². The molecular weight excluding hydrogens is 347 g/mol. The summed E-state index contributed by atoms with van der Waals surface area (Å²) in [5.41, 5.74) is 6.30. The molecule has 0 aromatic carbocycles. The summed E-state index contributed by atoms with van der Waals surface area (Å²) < 4.78 is 33.1. The van der Waals surface area contributed by atoms with Gasteiger partial charge in [-0.05, 0) is 11.2 Å². The van der Waals surface area contributed by atoms with Gasteiger partial charge >= 0.3 is 12.1 Å². The highest BCUT2D eigenvalue weighted by molar-refractivity contribution is 5.70. The van der Waals surface area contributed by atoms with E-state index in [1.54, 1.807) is 35.4 Å². The molecule has 0 bridgehead atoms. The van der Waals surface area contributed by atoms with Gasteiger partial charge in [-0.1, -0.05) is 4.68 Å². The van der Waals surface area contributed by atoms with Crippen LogP contribution in [0.25, 0.3) is 11.4 Å². The molecule has 2 heterocycles. The van der Waals surface area contributed by atoms with E-state index in [0.29, 0.717) is 18.2 Å². The lowest BCUT2D eigenvalue weighted by atomic mass is 10.3. The van der Waals surface area contributed by atoms with Crippen molar-refractivity contribution in [3.63, 3.8) is 0 Å². The maximum Gasteiger partial charge on any atom is 0.430 e. The van der Waals surface area contributed by atoms with E-state index in [2.05, 4.69) is 15.1 Å². The number of anilines is 1. The maximum atomic E-state index is 10.5. The molecule has 134 valence electrons. The monoisotopic (exact) mass is 359 g/mol. The Morgan fingerprint density at radius 1 is 1.32 bits per heavy atom. The van der Waals surface area contributed by atoms with Crippen LogP contribution in [0.2, 0.25) is 0 Å². The first kappa shape index (κ1) is 19.7. The Kier molecular flexibility index (Phi) is 6.72. The van der Waals surface area contributed by atoms with Crippen LogP contribution >= 0.6 is 0 Å². The van der Waals surface area contributed by atoms with Crippen LogP contribution in [-0.4, -0.2) is 38.3 Å². The van der Waals surface area contributed by atoms with E-state index in [0.717, 1.165) is 5.56 Å². The number of hydrogen-bond donors (Lipinski definition) is 2. The molecule has 0 unspecified atom stereocenters. The largest absolute Gasteiger partial charge is 0.542 e. The maximum absolute atomic E-state index is 10.5. The molecule has 0 radical (unpaired) electrons. The average molecular weight is 359 g/mol. The van der Waals surface area contributed by atoms with E-state index in [1.807, 2.05) is 0 Å². The van der Waals surface area contributed by atoms with Crippen molar-refractivity contribution >= 4 is 17.8 Å². The quantitative estimate of drug-likeness (QED) is 0.673. The number of carbonyl (C=O) groups is 2. The Hall–Kier alpha value is -3.31. The molecule has 9 nitrogen and oxygen atoms in total. The second kappa shape index (κ2) is 8.52. The Balaban J connectivity index is 0.000000381. The second-order valence-electron chi connectivity index (χ2n) is 4.41. The third kappa shape index (κ3) is 7.20. The van der Waals surface area contributed by atoms with Gasteiger partial charge < -0.3 is 20.7 Å². The van der Waals surface area contributed by atoms with Gasteiger partial charge in [0.25, 0.3) is 0 Å². The lowest BCUT2D eigenvalue weighted by Gasteiger charge is -2.03. The van der Waals surface area contributed by atoms with Crippen molar-refractivity contribution < 1.29 is 37.7 Å². The van der Waals surface area contributed by atoms with Crippen molar-refractivity contribution in [2.24, 2.45) is 0 Å². The number of rotatable bonds is 4. The van der Waals surface area contributed by atoms with E-state index >= 15 is 0 Å². The zero-order chi connectivity index (χ0) is 19.0. The van der Waals surface area contributed by atoms with E-state index in [9.17, 15) is 18.0 Å². The molecule has 0 aliphatic carbocycles. The summed E-state index contributed by atoms with van der Waals surface area (Å²) in [6.07, 6.45) is -0.323. The fourth-order valence-corrected chi connectivity index (χ4v) is 1.37. The molecule has 0 atom stereocenters.